The first kappa shape index (κ1) is 15.7. The van der Waals surface area contributed by atoms with Crippen LogP contribution in [0.2, 0.25) is 5.02 Å². The van der Waals surface area contributed by atoms with E-state index in [4.69, 9.17) is 16.3 Å². The first-order chi connectivity index (χ1) is 9.48. The van der Waals surface area contributed by atoms with Crippen molar-refractivity contribution in [3.8, 4) is 0 Å². The van der Waals surface area contributed by atoms with Crippen molar-refractivity contribution < 1.29 is 14.2 Å². The second-order valence-corrected chi connectivity index (χ2v) is 6.19. The molecule has 2 rings (SSSR count). The van der Waals surface area contributed by atoms with Crippen LogP contribution in [-0.4, -0.2) is 17.3 Å². The Kier molecular flexibility index (Phi) is 5.05. The molecule has 112 valence electrons. The lowest BCUT2D eigenvalue weighted by Gasteiger charge is -2.42. The van der Waals surface area contributed by atoms with Gasteiger partial charge in [-0.1, -0.05) is 24.6 Å². The molecule has 1 aliphatic rings. The van der Waals surface area contributed by atoms with Crippen LogP contribution in [0.3, 0.4) is 0 Å². The smallest absolute Gasteiger partial charge is 0.130 e. The number of hydrogen-bond acceptors (Lipinski definition) is 2. The minimum absolute atomic E-state index is 0.275. The quantitative estimate of drug-likeness (QED) is 0.887. The molecule has 0 bridgehead atoms. The molecule has 0 aromatic heterocycles. The van der Waals surface area contributed by atoms with Crippen molar-refractivity contribution in [2.45, 2.75) is 51.2 Å². The highest BCUT2D eigenvalue weighted by atomic mass is 35.5. The normalized spacial score (nSPS) is 28.4. The Morgan fingerprint density at radius 3 is 2.65 bits per heavy atom. The summed E-state index contributed by atoms with van der Waals surface area (Å²) in [4.78, 5) is 0. The summed E-state index contributed by atoms with van der Waals surface area (Å²) >= 11 is 5.77. The van der Waals surface area contributed by atoms with E-state index >= 15 is 0 Å². The highest BCUT2D eigenvalue weighted by Gasteiger charge is 2.43. The second kappa shape index (κ2) is 6.42. The van der Waals surface area contributed by atoms with E-state index in [0.717, 1.165) is 25.7 Å². The highest BCUT2D eigenvalue weighted by Crippen LogP contribution is 2.43. The van der Waals surface area contributed by atoms with Crippen LogP contribution in [0.25, 0.3) is 0 Å². The number of hydrogen-bond donors (Lipinski definition) is 1. The zero-order valence-corrected chi connectivity index (χ0v) is 12.8. The highest BCUT2D eigenvalue weighted by molar-refractivity contribution is 6.30. The number of rotatable bonds is 4. The summed E-state index contributed by atoms with van der Waals surface area (Å²) in [5.74, 6) is 0.161. The van der Waals surface area contributed by atoms with Crippen LogP contribution >= 0.6 is 11.6 Å². The third kappa shape index (κ3) is 3.16. The molecule has 1 saturated carbocycles. The minimum atomic E-state index is -0.952. The third-order valence-electron chi connectivity index (χ3n) is 4.31. The van der Waals surface area contributed by atoms with Crippen molar-refractivity contribution >= 4 is 11.6 Å². The summed E-state index contributed by atoms with van der Waals surface area (Å²) in [5, 5.41) is 11.0. The van der Waals surface area contributed by atoms with Crippen molar-refractivity contribution in [1.29, 1.82) is 0 Å². The van der Waals surface area contributed by atoms with Crippen LogP contribution in [0.5, 0.6) is 0 Å². The Morgan fingerprint density at radius 2 is 2.10 bits per heavy atom. The fraction of sp³-hybridized carbons (Fsp3) is 0.625. The Hall–Kier alpha value is -0.640. The first-order valence-electron chi connectivity index (χ1n) is 7.25. The average Bonchev–Trinajstić information content (AvgIpc) is 2.41. The molecule has 4 heteroatoms. The average molecular weight is 301 g/mol. The molecular formula is C16H22ClFO2. The summed E-state index contributed by atoms with van der Waals surface area (Å²) in [7, 11) is 0. The first-order valence-corrected chi connectivity index (χ1v) is 7.63. The number of ether oxygens (including phenoxy) is 1. The summed E-state index contributed by atoms with van der Waals surface area (Å²) in [5.41, 5.74) is -0.395. The predicted octanol–water partition coefficient (Wildman–Crippen LogP) is 4.50. The van der Waals surface area contributed by atoms with Gasteiger partial charge in [-0.25, -0.2) is 4.39 Å². The molecule has 0 aliphatic heterocycles. The maximum absolute atomic E-state index is 14.0. The number of benzene rings is 1. The van der Waals surface area contributed by atoms with E-state index < -0.39 is 17.5 Å². The molecule has 0 heterocycles. The molecule has 1 aromatic carbocycles. The van der Waals surface area contributed by atoms with E-state index in [1.807, 2.05) is 6.92 Å². The Labute approximate surface area is 124 Å². The van der Waals surface area contributed by atoms with Gasteiger partial charge in [-0.05, 0) is 50.7 Å². The van der Waals surface area contributed by atoms with E-state index in [0.29, 0.717) is 17.5 Å². The summed E-state index contributed by atoms with van der Waals surface area (Å²) in [6.45, 7) is 4.62. The molecule has 20 heavy (non-hydrogen) atoms. The van der Waals surface area contributed by atoms with Crippen molar-refractivity contribution in [3.63, 3.8) is 0 Å². The minimum Gasteiger partial charge on any atom is -0.385 e. The Morgan fingerprint density at radius 1 is 1.45 bits per heavy atom. The van der Waals surface area contributed by atoms with Crippen LogP contribution in [0, 0.1) is 11.7 Å². The topological polar surface area (TPSA) is 29.5 Å². The summed E-state index contributed by atoms with van der Waals surface area (Å²) in [6, 6.07) is 4.40. The molecule has 2 nitrogen and oxygen atoms in total. The van der Waals surface area contributed by atoms with E-state index in [1.54, 1.807) is 12.1 Å². The van der Waals surface area contributed by atoms with Crippen LogP contribution in [0.4, 0.5) is 4.39 Å². The van der Waals surface area contributed by atoms with E-state index in [1.165, 1.54) is 6.07 Å². The lowest BCUT2D eigenvalue weighted by molar-refractivity contribution is -0.147. The SMILES string of the molecule is CCOC1(C(O)c2ccc(Cl)cc2F)CCC(C)CC1. The van der Waals surface area contributed by atoms with E-state index in [2.05, 4.69) is 6.92 Å². The molecule has 0 spiro atoms. The second-order valence-electron chi connectivity index (χ2n) is 5.75. The van der Waals surface area contributed by atoms with Gasteiger partial charge in [0.1, 0.15) is 11.9 Å². The van der Waals surface area contributed by atoms with E-state index in [9.17, 15) is 9.50 Å². The lowest BCUT2D eigenvalue weighted by atomic mass is 9.74. The Bertz CT molecular complexity index is 456. The predicted molar refractivity (Wildman–Crippen MR) is 78.4 cm³/mol. The largest absolute Gasteiger partial charge is 0.385 e. The van der Waals surface area contributed by atoms with Crippen molar-refractivity contribution in [2.75, 3.05) is 6.61 Å². The van der Waals surface area contributed by atoms with Crippen molar-refractivity contribution in [1.82, 2.24) is 0 Å². The van der Waals surface area contributed by atoms with Crippen LogP contribution in [0.1, 0.15) is 51.2 Å². The van der Waals surface area contributed by atoms with Gasteiger partial charge < -0.3 is 9.84 Å². The molecule has 1 fully saturated rings. The van der Waals surface area contributed by atoms with E-state index in [-0.39, 0.29) is 5.56 Å². The molecule has 1 aromatic rings. The summed E-state index contributed by atoms with van der Waals surface area (Å²) < 4.78 is 19.9. The van der Waals surface area contributed by atoms with Gasteiger partial charge in [-0.15, -0.1) is 0 Å². The monoisotopic (exact) mass is 300 g/mol. The van der Waals surface area contributed by atoms with Gasteiger partial charge >= 0.3 is 0 Å². The molecular weight excluding hydrogens is 279 g/mol. The fourth-order valence-corrected chi connectivity index (χ4v) is 3.20. The van der Waals surface area contributed by atoms with Gasteiger partial charge in [-0.3, -0.25) is 0 Å². The van der Waals surface area contributed by atoms with Crippen LogP contribution in [-0.2, 0) is 4.74 Å². The van der Waals surface area contributed by atoms with Crippen LogP contribution in [0.15, 0.2) is 18.2 Å². The van der Waals surface area contributed by atoms with Gasteiger partial charge in [0, 0.05) is 17.2 Å². The molecule has 1 N–H and O–H groups in total. The maximum atomic E-state index is 14.0. The molecule has 1 unspecified atom stereocenters. The maximum Gasteiger partial charge on any atom is 0.130 e. The zero-order valence-electron chi connectivity index (χ0n) is 12.0. The number of aliphatic hydroxyl groups excluding tert-OH is 1. The standard InChI is InChI=1S/C16H22ClFO2/c1-3-20-16(8-6-11(2)7-9-16)15(19)13-5-4-12(17)10-14(13)18/h4-5,10-11,15,19H,3,6-9H2,1-2H3. The van der Waals surface area contributed by atoms with Gasteiger partial charge in [0.05, 0.1) is 5.60 Å². The Balaban J connectivity index is 2.28. The molecule has 0 radical (unpaired) electrons. The van der Waals surface area contributed by atoms with Gasteiger partial charge in [0.15, 0.2) is 0 Å². The van der Waals surface area contributed by atoms with Crippen molar-refractivity contribution in [3.05, 3.63) is 34.6 Å². The van der Waals surface area contributed by atoms with Gasteiger partial charge in [0.25, 0.3) is 0 Å². The molecule has 1 aliphatic carbocycles. The van der Waals surface area contributed by atoms with Gasteiger partial charge in [-0.2, -0.15) is 0 Å². The third-order valence-corrected chi connectivity index (χ3v) is 4.54. The number of halogens is 2. The fourth-order valence-electron chi connectivity index (χ4n) is 3.04. The molecule has 1 atom stereocenters. The van der Waals surface area contributed by atoms with Crippen LogP contribution < -0.4 is 0 Å². The molecule has 0 saturated heterocycles. The zero-order chi connectivity index (χ0) is 14.8. The molecule has 0 amide bonds. The number of aliphatic hydroxyl groups is 1. The summed E-state index contributed by atoms with van der Waals surface area (Å²) in [6.07, 6.45) is 2.54. The van der Waals surface area contributed by atoms with Crippen molar-refractivity contribution in [2.24, 2.45) is 5.92 Å². The van der Waals surface area contributed by atoms with Gasteiger partial charge in [0.2, 0.25) is 0 Å². The lowest BCUT2D eigenvalue weighted by Crippen LogP contribution is -2.43.